The van der Waals surface area contributed by atoms with Crippen LogP contribution in [0.1, 0.15) is 10.4 Å². The summed E-state index contributed by atoms with van der Waals surface area (Å²) in [4.78, 5) is 12.1. The van der Waals surface area contributed by atoms with Gasteiger partial charge in [-0.15, -0.1) is 0 Å². The summed E-state index contributed by atoms with van der Waals surface area (Å²) in [5.74, 6) is -0.223. The molecule has 6 nitrogen and oxygen atoms in total. The van der Waals surface area contributed by atoms with E-state index in [9.17, 15) is 13.2 Å². The lowest BCUT2D eigenvalue weighted by atomic mass is 10.2. The summed E-state index contributed by atoms with van der Waals surface area (Å²) in [7, 11) is -2.50. The van der Waals surface area contributed by atoms with E-state index in [0.717, 1.165) is 0 Å². The topological polar surface area (TPSA) is 98.5 Å². The lowest BCUT2D eigenvalue weighted by molar-refractivity contribution is 0.102. The van der Waals surface area contributed by atoms with Crippen molar-refractivity contribution in [1.29, 1.82) is 0 Å². The molecule has 0 atom stereocenters. The number of hydrogen-bond acceptors (Lipinski definition) is 4. The monoisotopic (exact) mass is 306 g/mol. The molecular formula is C14H14N2O4S. The van der Waals surface area contributed by atoms with Gasteiger partial charge >= 0.3 is 0 Å². The van der Waals surface area contributed by atoms with Crippen molar-refractivity contribution in [1.82, 2.24) is 0 Å². The number of ether oxygens (including phenoxy) is 1. The Balaban J connectivity index is 2.39. The first-order valence-electron chi connectivity index (χ1n) is 5.99. The minimum Gasteiger partial charge on any atom is -0.496 e. The van der Waals surface area contributed by atoms with E-state index in [-0.39, 0.29) is 16.2 Å². The van der Waals surface area contributed by atoms with Gasteiger partial charge in [-0.3, -0.25) is 4.79 Å². The van der Waals surface area contributed by atoms with Gasteiger partial charge in [-0.2, -0.15) is 0 Å². The molecule has 0 saturated heterocycles. The summed E-state index contributed by atoms with van der Waals surface area (Å²) in [5, 5.41) is 7.73. The first-order valence-corrected chi connectivity index (χ1v) is 7.53. The summed E-state index contributed by atoms with van der Waals surface area (Å²) in [5.41, 5.74) is 0.679. The highest BCUT2D eigenvalue weighted by atomic mass is 32.2. The van der Waals surface area contributed by atoms with Gasteiger partial charge in [0.05, 0.1) is 17.6 Å². The van der Waals surface area contributed by atoms with Crippen molar-refractivity contribution in [3.8, 4) is 5.75 Å². The molecule has 0 heterocycles. The second kappa shape index (κ2) is 5.94. The van der Waals surface area contributed by atoms with Crippen LogP contribution in [0.5, 0.6) is 5.75 Å². The third kappa shape index (κ3) is 3.59. The van der Waals surface area contributed by atoms with Gasteiger partial charge in [0.15, 0.2) is 0 Å². The number of carbonyl (C=O) groups excluding carboxylic acids is 1. The van der Waals surface area contributed by atoms with Crippen molar-refractivity contribution in [3.05, 3.63) is 54.1 Å². The maximum atomic E-state index is 12.2. The van der Waals surface area contributed by atoms with Crippen molar-refractivity contribution in [2.24, 2.45) is 5.14 Å². The van der Waals surface area contributed by atoms with Crippen LogP contribution in [-0.4, -0.2) is 21.4 Å². The molecule has 1 amide bonds. The normalized spacial score (nSPS) is 11.0. The summed E-state index contributed by atoms with van der Waals surface area (Å²) in [6, 6.07) is 12.7. The van der Waals surface area contributed by atoms with Crippen LogP contribution in [0.2, 0.25) is 0 Å². The van der Waals surface area contributed by atoms with Crippen LogP contribution in [0.25, 0.3) is 0 Å². The number of carbonyl (C=O) groups is 1. The maximum Gasteiger partial charge on any atom is 0.259 e. The average molecular weight is 306 g/mol. The molecule has 2 aromatic carbocycles. The van der Waals surface area contributed by atoms with Gasteiger partial charge < -0.3 is 10.1 Å². The predicted molar refractivity (Wildman–Crippen MR) is 78.8 cm³/mol. The standard InChI is InChI=1S/C14H14N2O4S/c1-20-13-8-7-11(21(15,18)19)9-12(13)14(17)16-10-5-3-2-4-6-10/h2-9H,1H3,(H,16,17)(H2,15,18,19). The van der Waals surface area contributed by atoms with E-state index in [1.165, 1.54) is 25.3 Å². The molecule has 0 aliphatic rings. The zero-order valence-electron chi connectivity index (χ0n) is 11.2. The molecule has 3 N–H and O–H groups in total. The van der Waals surface area contributed by atoms with Gasteiger partial charge in [0.2, 0.25) is 10.0 Å². The van der Waals surface area contributed by atoms with Crippen molar-refractivity contribution in [2.45, 2.75) is 4.90 Å². The highest BCUT2D eigenvalue weighted by Crippen LogP contribution is 2.23. The van der Waals surface area contributed by atoms with Gasteiger partial charge in [0.25, 0.3) is 5.91 Å². The molecule has 0 unspecified atom stereocenters. The predicted octanol–water partition coefficient (Wildman–Crippen LogP) is 1.59. The number of nitrogens with one attached hydrogen (secondary N) is 1. The van der Waals surface area contributed by atoms with Gasteiger partial charge in [0, 0.05) is 5.69 Å². The van der Waals surface area contributed by atoms with Crippen molar-refractivity contribution < 1.29 is 17.9 Å². The zero-order chi connectivity index (χ0) is 15.5. The zero-order valence-corrected chi connectivity index (χ0v) is 12.1. The Bertz CT molecular complexity index is 758. The van der Waals surface area contributed by atoms with Gasteiger partial charge in [-0.1, -0.05) is 18.2 Å². The Morgan fingerprint density at radius 2 is 1.81 bits per heavy atom. The highest BCUT2D eigenvalue weighted by molar-refractivity contribution is 7.89. The number of sulfonamides is 1. The molecule has 0 aliphatic carbocycles. The number of para-hydroxylation sites is 1. The molecule has 0 bridgehead atoms. The molecule has 0 aliphatic heterocycles. The van der Waals surface area contributed by atoms with Crippen LogP contribution in [-0.2, 0) is 10.0 Å². The molecule has 0 saturated carbocycles. The molecule has 7 heteroatoms. The fraction of sp³-hybridized carbons (Fsp3) is 0.0714. The number of primary sulfonamides is 1. The molecule has 2 rings (SSSR count). The quantitative estimate of drug-likeness (QED) is 0.896. The molecule has 0 radical (unpaired) electrons. The van der Waals surface area contributed by atoms with E-state index in [4.69, 9.17) is 9.88 Å². The van der Waals surface area contributed by atoms with Crippen molar-refractivity contribution in [2.75, 3.05) is 12.4 Å². The number of hydrogen-bond donors (Lipinski definition) is 2. The molecule has 2 aromatic rings. The van der Waals surface area contributed by atoms with E-state index in [2.05, 4.69) is 5.32 Å². The third-order valence-electron chi connectivity index (χ3n) is 2.78. The van der Waals surface area contributed by atoms with Gasteiger partial charge in [-0.05, 0) is 30.3 Å². The molecule has 21 heavy (non-hydrogen) atoms. The van der Waals surface area contributed by atoms with Gasteiger partial charge in [0.1, 0.15) is 5.75 Å². The van der Waals surface area contributed by atoms with E-state index in [1.807, 2.05) is 6.07 Å². The number of rotatable bonds is 4. The van der Waals surface area contributed by atoms with E-state index in [0.29, 0.717) is 5.69 Å². The lowest BCUT2D eigenvalue weighted by Gasteiger charge is -2.10. The van der Waals surface area contributed by atoms with Crippen LogP contribution in [0, 0.1) is 0 Å². The minimum absolute atomic E-state index is 0.0906. The second-order valence-corrected chi connectivity index (χ2v) is 5.79. The average Bonchev–Trinajstić information content (AvgIpc) is 2.46. The Morgan fingerprint density at radius 3 is 2.38 bits per heavy atom. The molecule has 0 aromatic heterocycles. The summed E-state index contributed by atoms with van der Waals surface area (Å²) < 4.78 is 27.8. The van der Waals surface area contributed by atoms with Crippen LogP contribution >= 0.6 is 0 Å². The second-order valence-electron chi connectivity index (χ2n) is 4.23. The Kier molecular flexibility index (Phi) is 4.25. The minimum atomic E-state index is -3.89. The molecule has 0 fully saturated rings. The number of anilines is 1. The molecular weight excluding hydrogens is 292 g/mol. The molecule has 0 spiro atoms. The Morgan fingerprint density at radius 1 is 1.14 bits per heavy atom. The number of benzene rings is 2. The fourth-order valence-electron chi connectivity index (χ4n) is 1.76. The third-order valence-corrected chi connectivity index (χ3v) is 3.69. The lowest BCUT2D eigenvalue weighted by Crippen LogP contribution is -2.16. The summed E-state index contributed by atoms with van der Waals surface area (Å²) >= 11 is 0. The van der Waals surface area contributed by atoms with E-state index >= 15 is 0 Å². The SMILES string of the molecule is COc1ccc(S(N)(=O)=O)cc1C(=O)Nc1ccccc1. The Hall–Kier alpha value is -2.38. The van der Waals surface area contributed by atoms with Gasteiger partial charge in [-0.25, -0.2) is 13.6 Å². The Labute approximate surface area is 122 Å². The number of amides is 1. The van der Waals surface area contributed by atoms with Crippen LogP contribution < -0.4 is 15.2 Å². The van der Waals surface area contributed by atoms with Crippen molar-refractivity contribution in [3.63, 3.8) is 0 Å². The smallest absolute Gasteiger partial charge is 0.259 e. The number of methoxy groups -OCH3 is 1. The van der Waals surface area contributed by atoms with Crippen LogP contribution in [0.15, 0.2) is 53.4 Å². The van der Waals surface area contributed by atoms with E-state index in [1.54, 1.807) is 24.3 Å². The largest absolute Gasteiger partial charge is 0.496 e. The molecule has 110 valence electrons. The van der Waals surface area contributed by atoms with E-state index < -0.39 is 15.9 Å². The number of nitrogens with two attached hydrogens (primary N) is 1. The van der Waals surface area contributed by atoms with Crippen molar-refractivity contribution >= 4 is 21.6 Å². The first-order chi connectivity index (χ1) is 9.91. The fourth-order valence-corrected chi connectivity index (χ4v) is 2.30. The summed E-state index contributed by atoms with van der Waals surface area (Å²) in [6.45, 7) is 0. The van der Waals surface area contributed by atoms with Crippen LogP contribution in [0.3, 0.4) is 0 Å². The summed E-state index contributed by atoms with van der Waals surface area (Å²) in [6.07, 6.45) is 0. The highest BCUT2D eigenvalue weighted by Gasteiger charge is 2.17. The first kappa shape index (κ1) is 15.0. The maximum absolute atomic E-state index is 12.2. The van der Waals surface area contributed by atoms with Crippen LogP contribution in [0.4, 0.5) is 5.69 Å².